The first-order chi connectivity index (χ1) is 21.5. The third-order valence-electron chi connectivity index (χ3n) is 10.4. The lowest BCUT2D eigenvalue weighted by molar-refractivity contribution is 0.568. The van der Waals surface area contributed by atoms with E-state index in [0.717, 1.165) is 0 Å². The average Bonchev–Trinajstić information content (AvgIpc) is 3.33. The van der Waals surface area contributed by atoms with E-state index in [4.69, 9.17) is 0 Å². The standard InChI is InChI=1S/C45H49N/c1-42(2,3)30-20-18-28(19-21-30)36-22-23-38-40-39-35(29-14-12-15-31(24-29)45(10,11)41(36)40)16-13-17-37(39)46(38)34-26-32(43(4,5)6)25-33(27-34)44(7,8)9/h12-27H,1-11H3. The van der Waals surface area contributed by atoms with E-state index in [1.54, 1.807) is 0 Å². The first-order valence-electron chi connectivity index (χ1n) is 17.0. The van der Waals surface area contributed by atoms with Crippen LogP contribution in [0.2, 0.25) is 0 Å². The molecule has 0 radical (unpaired) electrons. The molecular formula is C45H49N. The maximum atomic E-state index is 2.55. The normalized spacial score (nSPS) is 14.6. The van der Waals surface area contributed by atoms with E-state index in [2.05, 4.69) is 178 Å². The van der Waals surface area contributed by atoms with Gasteiger partial charge in [0.1, 0.15) is 0 Å². The Morgan fingerprint density at radius 2 is 1.07 bits per heavy atom. The minimum absolute atomic E-state index is 0.0293. The van der Waals surface area contributed by atoms with Crippen molar-refractivity contribution >= 4 is 21.8 Å². The Bertz CT molecular complexity index is 2110. The molecule has 0 N–H and O–H groups in total. The molecule has 46 heavy (non-hydrogen) atoms. The minimum Gasteiger partial charge on any atom is -0.309 e. The number of nitrogens with zero attached hydrogens (tertiary/aromatic N) is 1. The van der Waals surface area contributed by atoms with Crippen LogP contribution in [0.5, 0.6) is 0 Å². The SMILES string of the molecule is CC(C)(C)c1ccc(-c2ccc3c4c2C(C)(C)c2cccc(c2)-c2cccc(c24)n3-c2cc(C(C)(C)C)cc(C(C)(C)C)c2)cc1. The number of hydrogen-bond acceptors (Lipinski definition) is 0. The average molecular weight is 604 g/mol. The van der Waals surface area contributed by atoms with Gasteiger partial charge in [-0.3, -0.25) is 0 Å². The van der Waals surface area contributed by atoms with Crippen molar-refractivity contribution in [2.45, 2.75) is 97.8 Å². The summed E-state index contributed by atoms with van der Waals surface area (Å²) in [5.74, 6) is 0. The van der Waals surface area contributed by atoms with Crippen LogP contribution in [-0.2, 0) is 21.7 Å². The Morgan fingerprint density at radius 1 is 0.478 bits per heavy atom. The molecule has 6 aromatic rings. The van der Waals surface area contributed by atoms with Gasteiger partial charge in [0.25, 0.3) is 0 Å². The van der Waals surface area contributed by atoms with Crippen molar-refractivity contribution in [1.29, 1.82) is 0 Å². The van der Waals surface area contributed by atoms with E-state index in [1.165, 1.54) is 77.6 Å². The molecule has 1 aromatic heterocycles. The van der Waals surface area contributed by atoms with Gasteiger partial charge >= 0.3 is 0 Å². The van der Waals surface area contributed by atoms with Crippen LogP contribution in [0.1, 0.15) is 104 Å². The summed E-state index contributed by atoms with van der Waals surface area (Å²) in [5.41, 5.74) is 15.8. The van der Waals surface area contributed by atoms with Gasteiger partial charge in [-0.05, 0) is 90.6 Å². The molecule has 7 rings (SSSR count). The van der Waals surface area contributed by atoms with Crippen LogP contribution in [0.3, 0.4) is 0 Å². The number of fused-ring (bicyclic) bond motifs is 3. The molecular weight excluding hydrogens is 555 g/mol. The van der Waals surface area contributed by atoms with Crippen molar-refractivity contribution in [3.8, 4) is 27.9 Å². The fourth-order valence-electron chi connectivity index (χ4n) is 7.53. The van der Waals surface area contributed by atoms with Crippen LogP contribution in [0, 0.1) is 0 Å². The molecule has 0 atom stereocenters. The lowest BCUT2D eigenvalue weighted by Crippen LogP contribution is -2.21. The largest absolute Gasteiger partial charge is 0.309 e. The lowest BCUT2D eigenvalue weighted by atomic mass is 9.71. The molecule has 1 heterocycles. The number of hydrogen-bond donors (Lipinski definition) is 0. The molecule has 0 saturated carbocycles. The van der Waals surface area contributed by atoms with Gasteiger partial charge in [-0.25, -0.2) is 0 Å². The van der Waals surface area contributed by atoms with Gasteiger partial charge in [-0.15, -0.1) is 0 Å². The second kappa shape index (κ2) is 9.95. The van der Waals surface area contributed by atoms with Gasteiger partial charge in [0.05, 0.1) is 11.0 Å². The lowest BCUT2D eigenvalue weighted by Gasteiger charge is -2.32. The summed E-state index contributed by atoms with van der Waals surface area (Å²) in [6.07, 6.45) is 0. The highest BCUT2D eigenvalue weighted by Gasteiger charge is 2.34. The molecule has 1 aliphatic rings. The summed E-state index contributed by atoms with van der Waals surface area (Å²) in [6, 6.07) is 37.6. The summed E-state index contributed by atoms with van der Waals surface area (Å²) in [4.78, 5) is 0. The molecule has 0 unspecified atom stereocenters. The zero-order chi connectivity index (χ0) is 33.0. The van der Waals surface area contributed by atoms with Gasteiger partial charge in [-0.2, -0.15) is 0 Å². The van der Waals surface area contributed by atoms with Gasteiger partial charge in [0, 0.05) is 21.9 Å². The maximum absolute atomic E-state index is 2.55. The second-order valence-electron chi connectivity index (χ2n) is 17.2. The molecule has 0 amide bonds. The van der Waals surface area contributed by atoms with Crippen molar-refractivity contribution in [1.82, 2.24) is 4.57 Å². The zero-order valence-corrected chi connectivity index (χ0v) is 29.7. The zero-order valence-electron chi connectivity index (χ0n) is 29.7. The molecule has 1 nitrogen and oxygen atoms in total. The van der Waals surface area contributed by atoms with E-state index < -0.39 is 0 Å². The summed E-state index contributed by atoms with van der Waals surface area (Å²) < 4.78 is 2.55. The summed E-state index contributed by atoms with van der Waals surface area (Å²) in [5, 5.41) is 2.72. The van der Waals surface area contributed by atoms with Crippen molar-refractivity contribution in [3.05, 3.63) is 125 Å². The Kier molecular flexibility index (Phi) is 6.61. The van der Waals surface area contributed by atoms with Gasteiger partial charge in [0.15, 0.2) is 0 Å². The smallest absolute Gasteiger partial charge is 0.0547 e. The number of benzene rings is 5. The molecule has 0 spiro atoms. The monoisotopic (exact) mass is 603 g/mol. The van der Waals surface area contributed by atoms with Crippen LogP contribution < -0.4 is 0 Å². The van der Waals surface area contributed by atoms with Gasteiger partial charge < -0.3 is 4.57 Å². The third kappa shape index (κ3) is 4.74. The fraction of sp³-hybridized carbons (Fsp3) is 0.333. The highest BCUT2D eigenvalue weighted by Crippen LogP contribution is 2.50. The quantitative estimate of drug-likeness (QED) is 0.185. The fourth-order valence-corrected chi connectivity index (χ4v) is 7.53. The highest BCUT2D eigenvalue weighted by atomic mass is 15.0. The predicted molar refractivity (Wildman–Crippen MR) is 200 cm³/mol. The second-order valence-corrected chi connectivity index (χ2v) is 17.2. The summed E-state index contributed by atoms with van der Waals surface area (Å²) in [7, 11) is 0. The Hall–Kier alpha value is -4.10. The summed E-state index contributed by atoms with van der Waals surface area (Å²) in [6.45, 7) is 25.7. The van der Waals surface area contributed by atoms with Crippen LogP contribution >= 0.6 is 0 Å². The number of rotatable bonds is 2. The molecule has 2 bridgehead atoms. The van der Waals surface area contributed by atoms with Crippen LogP contribution in [-0.4, -0.2) is 4.57 Å². The van der Waals surface area contributed by atoms with Crippen LogP contribution in [0.25, 0.3) is 49.7 Å². The van der Waals surface area contributed by atoms with Crippen LogP contribution in [0.4, 0.5) is 0 Å². The molecule has 1 aliphatic carbocycles. The number of aromatic nitrogens is 1. The maximum Gasteiger partial charge on any atom is 0.0547 e. The molecule has 1 heteroatoms. The third-order valence-corrected chi connectivity index (χ3v) is 10.4. The van der Waals surface area contributed by atoms with Crippen LogP contribution in [0.15, 0.2) is 97.1 Å². The van der Waals surface area contributed by atoms with E-state index in [1.807, 2.05) is 0 Å². The Labute approximate surface area is 276 Å². The molecule has 234 valence electrons. The van der Waals surface area contributed by atoms with E-state index >= 15 is 0 Å². The van der Waals surface area contributed by atoms with Gasteiger partial charge in [0.2, 0.25) is 0 Å². The minimum atomic E-state index is -0.218. The van der Waals surface area contributed by atoms with Crippen molar-refractivity contribution in [3.63, 3.8) is 0 Å². The van der Waals surface area contributed by atoms with Gasteiger partial charge in [-0.1, -0.05) is 149 Å². The Morgan fingerprint density at radius 3 is 1.67 bits per heavy atom. The highest BCUT2D eigenvalue weighted by molar-refractivity contribution is 6.19. The van der Waals surface area contributed by atoms with Crippen molar-refractivity contribution in [2.24, 2.45) is 0 Å². The van der Waals surface area contributed by atoms with Crippen molar-refractivity contribution < 1.29 is 0 Å². The molecule has 0 aliphatic heterocycles. The first kappa shape index (κ1) is 30.5. The van der Waals surface area contributed by atoms with Crippen molar-refractivity contribution in [2.75, 3.05) is 0 Å². The first-order valence-corrected chi connectivity index (χ1v) is 17.0. The van der Waals surface area contributed by atoms with E-state index in [-0.39, 0.29) is 21.7 Å². The molecule has 0 fully saturated rings. The van der Waals surface area contributed by atoms with E-state index in [0.29, 0.717) is 0 Å². The Balaban J connectivity index is 1.66. The topological polar surface area (TPSA) is 4.93 Å². The molecule has 5 aromatic carbocycles. The van der Waals surface area contributed by atoms with E-state index in [9.17, 15) is 0 Å². The summed E-state index contributed by atoms with van der Waals surface area (Å²) >= 11 is 0. The predicted octanol–water partition coefficient (Wildman–Crippen LogP) is 12.6. The molecule has 0 saturated heterocycles.